The summed E-state index contributed by atoms with van der Waals surface area (Å²) in [4.78, 5) is 29.6. The van der Waals surface area contributed by atoms with E-state index in [2.05, 4.69) is 16.7 Å². The first-order valence-corrected chi connectivity index (χ1v) is 12.5. The standard InChI is InChI=1S/C25H39N5O3/c1-16(2)33-25(32)29-15-17(3)30(24(31)19-4-5-19)22-7-6-20(10-23(22)29)21(11-26)14-28-13-18-8-9-27-12-18/h6-7,10,16-19,21,27-28H,4-5,8-9,11-15,26H2,1-3H3/t17-,18+,21?/m0/s1. The Morgan fingerprint density at radius 1 is 1.24 bits per heavy atom. The van der Waals surface area contributed by atoms with Crippen molar-refractivity contribution in [1.82, 2.24) is 10.6 Å². The summed E-state index contributed by atoms with van der Waals surface area (Å²) in [6.45, 7) is 10.5. The summed E-state index contributed by atoms with van der Waals surface area (Å²) in [7, 11) is 0. The minimum Gasteiger partial charge on any atom is -0.446 e. The van der Waals surface area contributed by atoms with Gasteiger partial charge in [0.2, 0.25) is 5.91 Å². The van der Waals surface area contributed by atoms with Crippen molar-refractivity contribution in [1.29, 1.82) is 0 Å². The quantitative estimate of drug-likeness (QED) is 0.554. The van der Waals surface area contributed by atoms with Crippen molar-refractivity contribution in [3.05, 3.63) is 23.8 Å². The molecule has 1 unspecified atom stereocenters. The van der Waals surface area contributed by atoms with Gasteiger partial charge in [0.15, 0.2) is 0 Å². The van der Waals surface area contributed by atoms with Gasteiger partial charge in [-0.25, -0.2) is 4.79 Å². The summed E-state index contributed by atoms with van der Waals surface area (Å²) in [5.74, 6) is 1.06. The molecule has 3 aliphatic rings. The lowest BCUT2D eigenvalue weighted by Gasteiger charge is -2.41. The highest BCUT2D eigenvalue weighted by Gasteiger charge is 2.41. The highest BCUT2D eigenvalue weighted by atomic mass is 16.6. The van der Waals surface area contributed by atoms with Crippen LogP contribution in [0.4, 0.5) is 16.2 Å². The number of carbonyl (C=O) groups excluding carboxylic acids is 2. The molecule has 2 aliphatic heterocycles. The van der Waals surface area contributed by atoms with Crippen LogP contribution in [0.15, 0.2) is 18.2 Å². The molecular weight excluding hydrogens is 418 g/mol. The zero-order valence-corrected chi connectivity index (χ0v) is 20.2. The Morgan fingerprint density at radius 3 is 2.67 bits per heavy atom. The molecular formula is C25H39N5O3. The number of benzene rings is 1. The van der Waals surface area contributed by atoms with E-state index in [0.29, 0.717) is 19.0 Å². The fraction of sp³-hybridized carbons (Fsp3) is 0.680. The number of carbonyl (C=O) groups is 2. The summed E-state index contributed by atoms with van der Waals surface area (Å²) >= 11 is 0. The number of hydrogen-bond donors (Lipinski definition) is 3. The van der Waals surface area contributed by atoms with Crippen LogP contribution < -0.4 is 26.2 Å². The highest BCUT2D eigenvalue weighted by Crippen LogP contribution is 2.41. The summed E-state index contributed by atoms with van der Waals surface area (Å²) in [6, 6.07) is 5.97. The van der Waals surface area contributed by atoms with Gasteiger partial charge in [-0.15, -0.1) is 0 Å². The van der Waals surface area contributed by atoms with Gasteiger partial charge in [0, 0.05) is 31.5 Å². The number of fused-ring (bicyclic) bond motifs is 1. The second kappa shape index (κ2) is 10.4. The first-order chi connectivity index (χ1) is 15.9. The molecule has 1 aliphatic carbocycles. The number of nitrogens with two attached hydrogens (primary N) is 1. The van der Waals surface area contributed by atoms with Crippen molar-refractivity contribution in [2.24, 2.45) is 17.6 Å². The van der Waals surface area contributed by atoms with Gasteiger partial charge < -0.3 is 26.0 Å². The third-order valence-electron chi connectivity index (χ3n) is 6.90. The predicted octanol–water partition coefficient (Wildman–Crippen LogP) is 2.42. The molecule has 3 atom stereocenters. The zero-order valence-electron chi connectivity index (χ0n) is 20.2. The first kappa shape index (κ1) is 24.0. The van der Waals surface area contributed by atoms with E-state index < -0.39 is 0 Å². The Labute approximate surface area is 197 Å². The van der Waals surface area contributed by atoms with Gasteiger partial charge in [-0.1, -0.05) is 6.07 Å². The largest absolute Gasteiger partial charge is 0.446 e. The number of nitrogens with one attached hydrogen (secondary N) is 2. The Bertz CT molecular complexity index is 850. The smallest absolute Gasteiger partial charge is 0.414 e. The SMILES string of the molecule is CC(C)OC(=O)N1C[C@H](C)N(C(=O)C2CC2)c2ccc(C(CN)CNC[C@@H]3CCNC3)cc21. The molecule has 1 saturated carbocycles. The van der Waals surface area contributed by atoms with Gasteiger partial charge in [0.1, 0.15) is 0 Å². The van der Waals surface area contributed by atoms with E-state index in [4.69, 9.17) is 10.5 Å². The Hall–Kier alpha value is -2.16. The van der Waals surface area contributed by atoms with Crippen LogP contribution in [-0.4, -0.2) is 63.4 Å². The molecule has 2 heterocycles. The fourth-order valence-corrected chi connectivity index (χ4v) is 4.88. The predicted molar refractivity (Wildman–Crippen MR) is 131 cm³/mol. The summed E-state index contributed by atoms with van der Waals surface area (Å²) in [5.41, 5.74) is 8.76. The van der Waals surface area contributed by atoms with Gasteiger partial charge in [0.25, 0.3) is 0 Å². The highest BCUT2D eigenvalue weighted by molar-refractivity contribution is 6.04. The fourth-order valence-electron chi connectivity index (χ4n) is 4.88. The summed E-state index contributed by atoms with van der Waals surface area (Å²) in [5, 5.41) is 6.99. The molecule has 8 heteroatoms. The van der Waals surface area contributed by atoms with Crippen LogP contribution in [-0.2, 0) is 9.53 Å². The Morgan fingerprint density at radius 2 is 2.03 bits per heavy atom. The minimum atomic E-state index is -0.370. The molecule has 1 aromatic carbocycles. The molecule has 182 valence electrons. The maximum absolute atomic E-state index is 13.1. The molecule has 0 bridgehead atoms. The van der Waals surface area contributed by atoms with Crippen LogP contribution in [0.2, 0.25) is 0 Å². The number of rotatable bonds is 8. The lowest BCUT2D eigenvalue weighted by atomic mass is 9.95. The van der Waals surface area contributed by atoms with E-state index in [1.807, 2.05) is 37.8 Å². The van der Waals surface area contributed by atoms with Crippen molar-refractivity contribution in [3.63, 3.8) is 0 Å². The van der Waals surface area contributed by atoms with Crippen molar-refractivity contribution < 1.29 is 14.3 Å². The van der Waals surface area contributed by atoms with Crippen LogP contribution in [0, 0.1) is 11.8 Å². The van der Waals surface area contributed by atoms with Crippen LogP contribution in [0.5, 0.6) is 0 Å². The number of nitrogens with zero attached hydrogens (tertiary/aromatic N) is 2. The lowest BCUT2D eigenvalue weighted by molar-refractivity contribution is -0.120. The molecule has 2 amide bonds. The summed E-state index contributed by atoms with van der Waals surface area (Å²) in [6.07, 6.45) is 2.52. The maximum atomic E-state index is 13.1. The molecule has 0 aromatic heterocycles. The first-order valence-electron chi connectivity index (χ1n) is 12.5. The second-order valence-corrected chi connectivity index (χ2v) is 10.1. The van der Waals surface area contributed by atoms with Gasteiger partial charge >= 0.3 is 6.09 Å². The topological polar surface area (TPSA) is 99.9 Å². The van der Waals surface area contributed by atoms with Crippen molar-refractivity contribution in [3.8, 4) is 0 Å². The van der Waals surface area contributed by atoms with E-state index in [9.17, 15) is 9.59 Å². The monoisotopic (exact) mass is 457 g/mol. The minimum absolute atomic E-state index is 0.108. The number of anilines is 2. The molecule has 33 heavy (non-hydrogen) atoms. The lowest BCUT2D eigenvalue weighted by Crippen LogP contribution is -2.52. The molecule has 4 N–H and O–H groups in total. The van der Waals surface area contributed by atoms with Gasteiger partial charge in [0.05, 0.1) is 23.5 Å². The second-order valence-electron chi connectivity index (χ2n) is 10.1. The number of ether oxygens (including phenoxy) is 1. The average Bonchev–Trinajstić information content (AvgIpc) is 3.51. The van der Waals surface area contributed by atoms with E-state index >= 15 is 0 Å². The molecule has 0 spiro atoms. The van der Waals surface area contributed by atoms with Crippen molar-refractivity contribution >= 4 is 23.4 Å². The Kier molecular flexibility index (Phi) is 7.56. The number of hydrogen-bond acceptors (Lipinski definition) is 6. The zero-order chi connectivity index (χ0) is 23.5. The van der Waals surface area contributed by atoms with Gasteiger partial charge in [-0.3, -0.25) is 9.69 Å². The van der Waals surface area contributed by atoms with Gasteiger partial charge in [-0.2, -0.15) is 0 Å². The van der Waals surface area contributed by atoms with Gasteiger partial charge in [-0.05, 0) is 83.3 Å². The van der Waals surface area contributed by atoms with Crippen molar-refractivity contribution in [2.45, 2.75) is 58.1 Å². The maximum Gasteiger partial charge on any atom is 0.414 e. The van der Waals surface area contributed by atoms with Crippen LogP contribution in [0.25, 0.3) is 0 Å². The molecule has 2 fully saturated rings. The van der Waals surface area contributed by atoms with E-state index in [1.54, 1.807) is 4.90 Å². The summed E-state index contributed by atoms with van der Waals surface area (Å²) < 4.78 is 5.54. The van der Waals surface area contributed by atoms with E-state index in [-0.39, 0.29) is 36.0 Å². The van der Waals surface area contributed by atoms with Crippen LogP contribution >= 0.6 is 0 Å². The third-order valence-corrected chi connectivity index (χ3v) is 6.90. The Balaban J connectivity index is 1.58. The van der Waals surface area contributed by atoms with Crippen molar-refractivity contribution in [2.75, 3.05) is 49.1 Å². The van der Waals surface area contributed by atoms with Crippen LogP contribution in [0.1, 0.15) is 51.5 Å². The average molecular weight is 458 g/mol. The third kappa shape index (κ3) is 5.50. The molecule has 1 aromatic rings. The molecule has 0 radical (unpaired) electrons. The van der Waals surface area contributed by atoms with E-state index in [1.165, 1.54) is 6.42 Å². The molecule has 4 rings (SSSR count). The normalized spacial score (nSPS) is 23.5. The molecule has 8 nitrogen and oxygen atoms in total. The molecule has 1 saturated heterocycles. The van der Waals surface area contributed by atoms with Crippen LogP contribution in [0.3, 0.4) is 0 Å². The van der Waals surface area contributed by atoms with E-state index in [0.717, 1.165) is 56.0 Å². The number of amides is 2.